The smallest absolute Gasteiger partial charge is 0.254 e. The van der Waals surface area contributed by atoms with Gasteiger partial charge in [0.15, 0.2) is 5.16 Å². The molecule has 0 aliphatic heterocycles. The number of hydrogen-bond donors (Lipinski definition) is 2. The number of anilines is 1. The quantitative estimate of drug-likeness (QED) is 0.600. The molecule has 0 saturated carbocycles. The Hall–Kier alpha value is -1.60. The predicted octanol–water partition coefficient (Wildman–Crippen LogP) is 3.53. The van der Waals surface area contributed by atoms with Gasteiger partial charge in [-0.25, -0.2) is 4.98 Å². The summed E-state index contributed by atoms with van der Waals surface area (Å²) in [5.41, 5.74) is 2.35. The van der Waals surface area contributed by atoms with E-state index < -0.39 is 0 Å². The third-order valence-electron chi connectivity index (χ3n) is 3.92. The number of aryl methyl sites for hydroxylation is 1. The fraction of sp³-hybridized carbons (Fsp3) is 0.353. The predicted molar refractivity (Wildman–Crippen MR) is 99.6 cm³/mol. The highest BCUT2D eigenvalue weighted by molar-refractivity contribution is 9.10. The first-order valence-electron chi connectivity index (χ1n) is 7.88. The molecule has 0 bridgehead atoms. The maximum absolute atomic E-state index is 12.3. The minimum Gasteiger partial charge on any atom is -0.325 e. The van der Waals surface area contributed by atoms with Crippen molar-refractivity contribution >= 4 is 39.3 Å². The number of fused-ring (bicyclic) bond motifs is 1. The van der Waals surface area contributed by atoms with E-state index in [1.807, 2.05) is 24.3 Å². The third-order valence-corrected chi connectivity index (χ3v) is 5.40. The van der Waals surface area contributed by atoms with E-state index in [0.29, 0.717) is 5.16 Å². The Morgan fingerprint density at radius 1 is 1.38 bits per heavy atom. The number of benzene rings is 1. The molecule has 2 N–H and O–H groups in total. The molecule has 126 valence electrons. The van der Waals surface area contributed by atoms with Gasteiger partial charge in [-0.1, -0.05) is 33.8 Å². The van der Waals surface area contributed by atoms with Gasteiger partial charge in [-0.05, 0) is 50.8 Å². The number of hydrogen-bond acceptors (Lipinski definition) is 4. The molecule has 0 radical (unpaired) electrons. The fourth-order valence-electron chi connectivity index (χ4n) is 2.67. The first-order chi connectivity index (χ1) is 11.5. The Morgan fingerprint density at radius 2 is 2.17 bits per heavy atom. The van der Waals surface area contributed by atoms with E-state index in [0.717, 1.165) is 47.1 Å². The topological polar surface area (TPSA) is 74.8 Å². The zero-order valence-corrected chi connectivity index (χ0v) is 15.7. The highest BCUT2D eigenvalue weighted by Crippen LogP contribution is 2.23. The monoisotopic (exact) mass is 407 g/mol. The number of H-pyrrole nitrogens is 1. The summed E-state index contributed by atoms with van der Waals surface area (Å²) in [6.07, 6.45) is 3.73. The zero-order valence-electron chi connectivity index (χ0n) is 13.3. The molecule has 1 atom stereocenters. The minimum absolute atomic E-state index is 0.0678. The Balaban J connectivity index is 1.70. The summed E-state index contributed by atoms with van der Waals surface area (Å²) in [7, 11) is 0. The minimum atomic E-state index is -0.367. The molecule has 0 fully saturated rings. The maximum atomic E-state index is 12.3. The van der Waals surface area contributed by atoms with Gasteiger partial charge in [-0.3, -0.25) is 9.59 Å². The average Bonchev–Trinajstić information content (AvgIpc) is 2.55. The summed E-state index contributed by atoms with van der Waals surface area (Å²) in [6.45, 7) is 1.80. The Morgan fingerprint density at radius 3 is 2.96 bits per heavy atom. The molecule has 24 heavy (non-hydrogen) atoms. The first kappa shape index (κ1) is 17.2. The number of halogens is 1. The van der Waals surface area contributed by atoms with Gasteiger partial charge in [0, 0.05) is 15.7 Å². The lowest BCUT2D eigenvalue weighted by atomic mass is 9.97. The molecule has 5 nitrogen and oxygen atoms in total. The van der Waals surface area contributed by atoms with Crippen molar-refractivity contribution < 1.29 is 4.79 Å². The lowest BCUT2D eigenvalue weighted by Crippen LogP contribution is -2.25. The number of aromatic nitrogens is 2. The van der Waals surface area contributed by atoms with E-state index in [9.17, 15) is 9.59 Å². The van der Waals surface area contributed by atoms with E-state index >= 15 is 0 Å². The molecule has 1 heterocycles. The van der Waals surface area contributed by atoms with Crippen molar-refractivity contribution in [1.29, 1.82) is 0 Å². The molecule has 0 spiro atoms. The Labute approximate surface area is 152 Å². The number of nitrogens with one attached hydrogen (secondary N) is 2. The van der Waals surface area contributed by atoms with Crippen LogP contribution in [-0.2, 0) is 17.6 Å². The summed E-state index contributed by atoms with van der Waals surface area (Å²) < 4.78 is 0.904. The van der Waals surface area contributed by atoms with Gasteiger partial charge < -0.3 is 10.3 Å². The van der Waals surface area contributed by atoms with Crippen molar-refractivity contribution in [2.45, 2.75) is 43.0 Å². The number of carbonyl (C=O) groups is 1. The van der Waals surface area contributed by atoms with E-state index in [1.54, 1.807) is 6.92 Å². The second-order valence-corrected chi connectivity index (χ2v) is 8.01. The number of aromatic amines is 1. The van der Waals surface area contributed by atoms with Crippen molar-refractivity contribution in [2.24, 2.45) is 0 Å². The molecule has 7 heteroatoms. The van der Waals surface area contributed by atoms with Gasteiger partial charge >= 0.3 is 0 Å². The summed E-state index contributed by atoms with van der Waals surface area (Å²) in [4.78, 5) is 31.8. The van der Waals surface area contributed by atoms with Gasteiger partial charge in [0.1, 0.15) is 0 Å². The van der Waals surface area contributed by atoms with Crippen LogP contribution in [0.2, 0.25) is 0 Å². The molecule has 1 aromatic carbocycles. The number of carbonyl (C=O) groups excluding carboxylic acids is 1. The van der Waals surface area contributed by atoms with Gasteiger partial charge in [-0.2, -0.15) is 0 Å². The third kappa shape index (κ3) is 4.08. The Bertz CT molecular complexity index is 822. The van der Waals surface area contributed by atoms with Gasteiger partial charge in [-0.15, -0.1) is 0 Å². The van der Waals surface area contributed by atoms with Crippen LogP contribution in [0.3, 0.4) is 0 Å². The molecule has 1 amide bonds. The van der Waals surface area contributed by atoms with E-state index in [2.05, 4.69) is 31.2 Å². The fourth-order valence-corrected chi connectivity index (χ4v) is 3.88. The average molecular weight is 408 g/mol. The maximum Gasteiger partial charge on any atom is 0.254 e. The van der Waals surface area contributed by atoms with Crippen molar-refractivity contribution in [3.63, 3.8) is 0 Å². The standard InChI is InChI=1S/C17H18BrN3O2S/c1-10(15(22)19-12-6-4-5-11(18)9-12)24-17-20-14-8-3-2-7-13(14)16(23)21-17/h4-6,9-10H,2-3,7-8H2,1H3,(H,19,22)(H,20,21,23). The summed E-state index contributed by atoms with van der Waals surface area (Å²) in [5.74, 6) is -0.126. The van der Waals surface area contributed by atoms with Crippen LogP contribution < -0.4 is 10.9 Å². The van der Waals surface area contributed by atoms with Crippen molar-refractivity contribution in [2.75, 3.05) is 5.32 Å². The van der Waals surface area contributed by atoms with Gasteiger partial charge in [0.2, 0.25) is 5.91 Å². The Kier molecular flexibility index (Phi) is 5.40. The normalized spacial score (nSPS) is 14.8. The summed E-state index contributed by atoms with van der Waals surface area (Å²) in [6, 6.07) is 7.43. The second-order valence-electron chi connectivity index (χ2n) is 5.76. The largest absolute Gasteiger partial charge is 0.325 e. The van der Waals surface area contributed by atoms with Crippen molar-refractivity contribution in [3.05, 3.63) is 50.3 Å². The lowest BCUT2D eigenvalue weighted by Gasteiger charge is -2.16. The van der Waals surface area contributed by atoms with E-state index in [-0.39, 0.29) is 16.7 Å². The molecule has 0 saturated heterocycles. The van der Waals surface area contributed by atoms with Crippen LogP contribution in [0.15, 0.2) is 38.7 Å². The summed E-state index contributed by atoms with van der Waals surface area (Å²) >= 11 is 4.65. The lowest BCUT2D eigenvalue weighted by molar-refractivity contribution is -0.115. The number of amides is 1. The molecule has 1 aliphatic rings. The van der Waals surface area contributed by atoms with Crippen LogP contribution in [0.25, 0.3) is 0 Å². The molecular formula is C17H18BrN3O2S. The van der Waals surface area contributed by atoms with Crippen molar-refractivity contribution in [1.82, 2.24) is 9.97 Å². The van der Waals surface area contributed by atoms with Gasteiger partial charge in [0.05, 0.1) is 10.9 Å². The summed E-state index contributed by atoms with van der Waals surface area (Å²) in [5, 5.41) is 3.01. The molecule has 1 aliphatic carbocycles. The molecule has 1 aromatic heterocycles. The van der Waals surface area contributed by atoms with Crippen molar-refractivity contribution in [3.8, 4) is 0 Å². The molecule has 1 unspecified atom stereocenters. The van der Waals surface area contributed by atoms with E-state index in [1.165, 1.54) is 11.8 Å². The van der Waals surface area contributed by atoms with Crippen LogP contribution in [0.5, 0.6) is 0 Å². The SMILES string of the molecule is CC(Sc1nc2c(c(=O)[nH]1)CCCC2)C(=O)Nc1cccc(Br)c1. The molecular weight excluding hydrogens is 390 g/mol. The first-order valence-corrected chi connectivity index (χ1v) is 9.55. The van der Waals surface area contributed by atoms with Gasteiger partial charge in [0.25, 0.3) is 5.56 Å². The van der Waals surface area contributed by atoms with E-state index in [4.69, 9.17) is 0 Å². The number of rotatable bonds is 4. The number of thioether (sulfide) groups is 1. The highest BCUT2D eigenvalue weighted by Gasteiger charge is 2.19. The van der Waals surface area contributed by atoms with Crippen LogP contribution in [-0.4, -0.2) is 21.1 Å². The van der Waals surface area contributed by atoms with Crippen LogP contribution in [0.1, 0.15) is 31.0 Å². The highest BCUT2D eigenvalue weighted by atomic mass is 79.9. The van der Waals surface area contributed by atoms with Crippen LogP contribution in [0, 0.1) is 0 Å². The zero-order chi connectivity index (χ0) is 17.1. The molecule has 3 rings (SSSR count). The van der Waals surface area contributed by atoms with Crippen LogP contribution in [0.4, 0.5) is 5.69 Å². The molecule has 2 aromatic rings. The second kappa shape index (κ2) is 7.53. The number of nitrogens with zero attached hydrogens (tertiary/aromatic N) is 1. The van der Waals surface area contributed by atoms with Crippen LogP contribution >= 0.6 is 27.7 Å².